The highest BCUT2D eigenvalue weighted by Gasteiger charge is 2.26. The molecule has 0 fully saturated rings. The van der Waals surface area contributed by atoms with Crippen molar-refractivity contribution >= 4 is 28.6 Å². The molecule has 6 nitrogen and oxygen atoms in total. The van der Waals surface area contributed by atoms with Gasteiger partial charge in [-0.1, -0.05) is 0 Å². The van der Waals surface area contributed by atoms with Gasteiger partial charge in [0.2, 0.25) is 5.88 Å². The van der Waals surface area contributed by atoms with E-state index in [4.69, 9.17) is 9.15 Å². The molecule has 0 aromatic carbocycles. The molecule has 0 radical (unpaired) electrons. The third kappa shape index (κ3) is 3.30. The van der Waals surface area contributed by atoms with Crippen LogP contribution in [0.15, 0.2) is 51.2 Å². The van der Waals surface area contributed by atoms with Crippen molar-refractivity contribution in [2.24, 2.45) is 0 Å². The highest BCUT2D eigenvalue weighted by atomic mass is 32.1. The standard InChI is InChI=1S/C19H13N3O3S2/c1-12-16(15(8-20)18(25-12)22-5-2-3-6-22)19(23)24-9-14-11-27-17(21-14)13-4-7-26-10-13/h2-7,10-11H,9H2,1H3. The molecule has 0 aliphatic carbocycles. The van der Waals surface area contributed by atoms with E-state index in [1.165, 1.54) is 11.3 Å². The first kappa shape index (κ1) is 17.3. The highest BCUT2D eigenvalue weighted by molar-refractivity contribution is 7.14. The molecule has 0 atom stereocenters. The number of thiazole rings is 1. The van der Waals surface area contributed by atoms with Gasteiger partial charge >= 0.3 is 5.97 Å². The zero-order valence-corrected chi connectivity index (χ0v) is 15.8. The molecule has 4 aromatic rings. The average Bonchev–Trinajstić information content (AvgIpc) is 3.45. The van der Waals surface area contributed by atoms with E-state index in [1.54, 1.807) is 35.2 Å². The molecule has 0 aliphatic heterocycles. The SMILES string of the molecule is Cc1oc(-n2cccc2)c(C#N)c1C(=O)OCc1csc(-c2ccsc2)n1. The fourth-order valence-electron chi connectivity index (χ4n) is 2.63. The zero-order valence-electron chi connectivity index (χ0n) is 14.2. The summed E-state index contributed by atoms with van der Waals surface area (Å²) < 4.78 is 12.7. The number of aromatic nitrogens is 2. The summed E-state index contributed by atoms with van der Waals surface area (Å²) in [6, 6.07) is 7.66. The van der Waals surface area contributed by atoms with Crippen molar-refractivity contribution in [1.29, 1.82) is 5.26 Å². The maximum atomic E-state index is 12.6. The van der Waals surface area contributed by atoms with Crippen LogP contribution in [0.2, 0.25) is 0 Å². The maximum absolute atomic E-state index is 12.6. The Hall–Kier alpha value is -3.15. The first-order valence-corrected chi connectivity index (χ1v) is 9.80. The Balaban J connectivity index is 1.53. The Morgan fingerprint density at radius 3 is 2.89 bits per heavy atom. The number of carbonyl (C=O) groups is 1. The molecule has 4 aromatic heterocycles. The van der Waals surface area contributed by atoms with Gasteiger partial charge in [-0.2, -0.15) is 16.6 Å². The largest absolute Gasteiger partial charge is 0.455 e. The number of hydrogen-bond acceptors (Lipinski definition) is 7. The van der Waals surface area contributed by atoms with Crippen LogP contribution >= 0.6 is 22.7 Å². The summed E-state index contributed by atoms with van der Waals surface area (Å²) in [7, 11) is 0. The van der Waals surface area contributed by atoms with Crippen molar-refractivity contribution in [3.8, 4) is 22.5 Å². The van der Waals surface area contributed by atoms with Crippen molar-refractivity contribution in [1.82, 2.24) is 9.55 Å². The molecule has 134 valence electrons. The topological polar surface area (TPSA) is 81.0 Å². The predicted molar refractivity (Wildman–Crippen MR) is 102 cm³/mol. The van der Waals surface area contributed by atoms with E-state index in [1.807, 2.05) is 40.4 Å². The van der Waals surface area contributed by atoms with Gasteiger partial charge in [-0.25, -0.2) is 9.78 Å². The number of nitriles is 1. The van der Waals surface area contributed by atoms with Gasteiger partial charge in [-0.05, 0) is 30.5 Å². The quantitative estimate of drug-likeness (QED) is 0.454. The summed E-state index contributed by atoms with van der Waals surface area (Å²) in [6.45, 7) is 1.68. The van der Waals surface area contributed by atoms with E-state index in [0.717, 1.165) is 10.6 Å². The number of ether oxygens (including phenoxy) is 1. The highest BCUT2D eigenvalue weighted by Crippen LogP contribution is 2.28. The molecule has 0 saturated carbocycles. The third-order valence-electron chi connectivity index (χ3n) is 3.89. The Labute approximate surface area is 162 Å². The molecule has 0 amide bonds. The van der Waals surface area contributed by atoms with Gasteiger partial charge in [0.05, 0.1) is 5.69 Å². The number of hydrogen-bond donors (Lipinski definition) is 0. The zero-order chi connectivity index (χ0) is 18.8. The molecule has 4 heterocycles. The van der Waals surface area contributed by atoms with Crippen LogP contribution in [0.5, 0.6) is 0 Å². The van der Waals surface area contributed by atoms with E-state index < -0.39 is 5.97 Å². The fraction of sp³-hybridized carbons (Fsp3) is 0.105. The van der Waals surface area contributed by atoms with Gasteiger partial charge < -0.3 is 9.15 Å². The van der Waals surface area contributed by atoms with Crippen LogP contribution in [0, 0.1) is 18.3 Å². The maximum Gasteiger partial charge on any atom is 0.343 e. The molecule has 0 unspecified atom stereocenters. The molecule has 0 aliphatic rings. The van der Waals surface area contributed by atoms with Crippen molar-refractivity contribution in [2.45, 2.75) is 13.5 Å². The van der Waals surface area contributed by atoms with E-state index in [-0.39, 0.29) is 17.7 Å². The lowest BCUT2D eigenvalue weighted by atomic mass is 10.1. The van der Waals surface area contributed by atoms with Crippen molar-refractivity contribution < 1.29 is 13.9 Å². The van der Waals surface area contributed by atoms with Gasteiger partial charge in [0.1, 0.15) is 34.6 Å². The van der Waals surface area contributed by atoms with Crippen LogP contribution in [0.3, 0.4) is 0 Å². The molecule has 0 bridgehead atoms. The summed E-state index contributed by atoms with van der Waals surface area (Å²) >= 11 is 3.10. The second-order valence-electron chi connectivity index (χ2n) is 5.65. The van der Waals surface area contributed by atoms with Crippen LogP contribution in [0.25, 0.3) is 16.5 Å². The van der Waals surface area contributed by atoms with E-state index in [9.17, 15) is 10.1 Å². The minimum Gasteiger partial charge on any atom is -0.455 e. The molecular weight excluding hydrogens is 382 g/mol. The number of furan rings is 1. The lowest BCUT2D eigenvalue weighted by molar-refractivity contribution is 0.0466. The second kappa shape index (κ2) is 7.23. The normalized spacial score (nSPS) is 10.7. The van der Waals surface area contributed by atoms with Gasteiger partial charge in [-0.3, -0.25) is 4.57 Å². The summed E-state index contributed by atoms with van der Waals surface area (Å²) in [4.78, 5) is 17.1. The van der Waals surface area contributed by atoms with Crippen LogP contribution in [0.1, 0.15) is 27.4 Å². The molecule has 0 spiro atoms. The van der Waals surface area contributed by atoms with Gasteiger partial charge in [0.25, 0.3) is 0 Å². The fourth-order valence-corrected chi connectivity index (χ4v) is 4.15. The number of nitrogens with zero attached hydrogens (tertiary/aromatic N) is 3. The number of aryl methyl sites for hydroxylation is 1. The molecular formula is C19H13N3O3S2. The smallest absolute Gasteiger partial charge is 0.343 e. The third-order valence-corrected chi connectivity index (χ3v) is 5.52. The molecule has 0 saturated heterocycles. The Bertz CT molecular complexity index is 1120. The average molecular weight is 395 g/mol. The molecule has 0 N–H and O–H groups in total. The lowest BCUT2D eigenvalue weighted by Crippen LogP contribution is -2.08. The summed E-state index contributed by atoms with van der Waals surface area (Å²) in [6.07, 6.45) is 3.49. The summed E-state index contributed by atoms with van der Waals surface area (Å²) in [5.41, 5.74) is 2.02. The van der Waals surface area contributed by atoms with Crippen LogP contribution < -0.4 is 0 Å². The Kier molecular flexibility index (Phi) is 4.62. The van der Waals surface area contributed by atoms with Gasteiger partial charge in [-0.15, -0.1) is 11.3 Å². The minimum absolute atomic E-state index is 0.0355. The summed E-state index contributed by atoms with van der Waals surface area (Å²) in [5, 5.41) is 16.3. The molecule has 27 heavy (non-hydrogen) atoms. The molecule has 8 heteroatoms. The lowest BCUT2D eigenvalue weighted by Gasteiger charge is -2.02. The van der Waals surface area contributed by atoms with Crippen LogP contribution in [-0.4, -0.2) is 15.5 Å². The van der Waals surface area contributed by atoms with E-state index >= 15 is 0 Å². The van der Waals surface area contributed by atoms with E-state index in [0.29, 0.717) is 17.3 Å². The minimum atomic E-state index is -0.601. The molecule has 4 rings (SSSR count). The summed E-state index contributed by atoms with van der Waals surface area (Å²) in [5.74, 6) is 0.0501. The number of esters is 1. The van der Waals surface area contributed by atoms with Crippen molar-refractivity contribution in [3.05, 3.63) is 69.3 Å². The Morgan fingerprint density at radius 2 is 2.19 bits per heavy atom. The van der Waals surface area contributed by atoms with Crippen LogP contribution in [0.4, 0.5) is 0 Å². The Morgan fingerprint density at radius 1 is 1.37 bits per heavy atom. The number of thiophene rings is 1. The van der Waals surface area contributed by atoms with Crippen molar-refractivity contribution in [3.63, 3.8) is 0 Å². The number of carbonyl (C=O) groups excluding carboxylic acids is 1. The number of rotatable bonds is 5. The van der Waals surface area contributed by atoms with E-state index in [2.05, 4.69) is 4.98 Å². The van der Waals surface area contributed by atoms with Crippen molar-refractivity contribution in [2.75, 3.05) is 0 Å². The van der Waals surface area contributed by atoms with Crippen LogP contribution in [-0.2, 0) is 11.3 Å². The first-order valence-electron chi connectivity index (χ1n) is 7.98. The second-order valence-corrected chi connectivity index (χ2v) is 7.29. The van der Waals surface area contributed by atoms with Gasteiger partial charge in [0.15, 0.2) is 0 Å². The van der Waals surface area contributed by atoms with Gasteiger partial charge in [0, 0.05) is 28.7 Å². The monoisotopic (exact) mass is 395 g/mol. The predicted octanol–water partition coefficient (Wildman–Crippen LogP) is 4.79. The first-order chi connectivity index (χ1) is 13.2.